The second-order valence-electron chi connectivity index (χ2n) is 4.37. The van der Waals surface area contributed by atoms with Gasteiger partial charge in [0.05, 0.1) is 7.11 Å². The average molecular weight is 216 g/mol. The van der Waals surface area contributed by atoms with Gasteiger partial charge in [0.2, 0.25) is 0 Å². The number of hydrogen-bond acceptors (Lipinski definition) is 1. The molecule has 0 fully saturated rings. The lowest BCUT2D eigenvalue weighted by molar-refractivity contribution is 0.410. The predicted molar refractivity (Wildman–Crippen MR) is 69.1 cm³/mol. The second-order valence-corrected chi connectivity index (χ2v) is 4.37. The van der Waals surface area contributed by atoms with Crippen LogP contribution in [0.3, 0.4) is 0 Å². The summed E-state index contributed by atoms with van der Waals surface area (Å²) in [6.07, 6.45) is 6.17. The van der Waals surface area contributed by atoms with E-state index in [0.29, 0.717) is 5.92 Å². The molecule has 1 nitrogen and oxygen atoms in total. The van der Waals surface area contributed by atoms with E-state index in [1.54, 1.807) is 7.11 Å². The molecule has 86 valence electrons. The first kappa shape index (κ1) is 12.6. The van der Waals surface area contributed by atoms with E-state index in [1.807, 2.05) is 0 Å². The van der Waals surface area contributed by atoms with Crippen LogP contribution in [0.15, 0.2) is 6.07 Å². The number of terminal acetylenes is 1. The molecule has 0 spiro atoms. The molecule has 0 aliphatic rings. The summed E-state index contributed by atoms with van der Waals surface area (Å²) in [6, 6.07) is 2.10. The Morgan fingerprint density at radius 3 is 2.44 bits per heavy atom. The van der Waals surface area contributed by atoms with E-state index < -0.39 is 0 Å². The Hall–Kier alpha value is -1.42. The molecule has 0 saturated carbocycles. The van der Waals surface area contributed by atoms with Crippen molar-refractivity contribution in [3.05, 3.63) is 28.3 Å². The van der Waals surface area contributed by atoms with Crippen LogP contribution in [-0.4, -0.2) is 7.11 Å². The van der Waals surface area contributed by atoms with Gasteiger partial charge >= 0.3 is 0 Å². The lowest BCUT2D eigenvalue weighted by Gasteiger charge is -2.19. The minimum Gasteiger partial charge on any atom is -0.496 e. The van der Waals surface area contributed by atoms with E-state index in [0.717, 1.165) is 12.2 Å². The van der Waals surface area contributed by atoms with Crippen molar-refractivity contribution in [3.8, 4) is 18.1 Å². The Labute approximate surface area is 98.8 Å². The van der Waals surface area contributed by atoms with Crippen molar-refractivity contribution in [1.82, 2.24) is 0 Å². The maximum absolute atomic E-state index is 5.39. The number of ether oxygens (including phenoxy) is 1. The van der Waals surface area contributed by atoms with Crippen LogP contribution in [0.1, 0.15) is 41.5 Å². The van der Waals surface area contributed by atoms with E-state index >= 15 is 0 Å². The molecule has 0 aliphatic heterocycles. The van der Waals surface area contributed by atoms with E-state index in [9.17, 15) is 0 Å². The molecule has 1 heteroatoms. The van der Waals surface area contributed by atoms with Gasteiger partial charge < -0.3 is 4.74 Å². The third-order valence-electron chi connectivity index (χ3n) is 3.25. The second kappa shape index (κ2) is 5.07. The van der Waals surface area contributed by atoms with E-state index in [1.165, 1.54) is 22.3 Å². The maximum atomic E-state index is 5.39. The molecule has 0 bridgehead atoms. The summed E-state index contributed by atoms with van der Waals surface area (Å²) >= 11 is 0. The number of methoxy groups -OCH3 is 1. The van der Waals surface area contributed by atoms with Crippen LogP contribution in [0.25, 0.3) is 0 Å². The smallest absolute Gasteiger partial charge is 0.122 e. The highest BCUT2D eigenvalue weighted by Crippen LogP contribution is 2.33. The van der Waals surface area contributed by atoms with Crippen LogP contribution < -0.4 is 4.74 Å². The lowest BCUT2D eigenvalue weighted by Crippen LogP contribution is -2.03. The summed E-state index contributed by atoms with van der Waals surface area (Å²) in [5.41, 5.74) is 5.16. The molecule has 0 radical (unpaired) electrons. The first-order valence-corrected chi connectivity index (χ1v) is 5.61. The fourth-order valence-electron chi connectivity index (χ4n) is 2.31. The predicted octanol–water partition coefficient (Wildman–Crippen LogP) is 3.75. The Morgan fingerprint density at radius 2 is 1.94 bits per heavy atom. The summed E-state index contributed by atoms with van der Waals surface area (Å²) in [4.78, 5) is 0. The Morgan fingerprint density at radius 1 is 1.31 bits per heavy atom. The summed E-state index contributed by atoms with van der Waals surface area (Å²) in [5, 5.41) is 0. The summed E-state index contributed by atoms with van der Waals surface area (Å²) < 4.78 is 5.36. The molecule has 1 atom stereocenters. The van der Waals surface area contributed by atoms with Gasteiger partial charge in [-0.25, -0.2) is 0 Å². The Kier molecular flexibility index (Phi) is 4.01. The van der Waals surface area contributed by atoms with Crippen LogP contribution in [0, 0.1) is 33.1 Å². The molecule has 0 heterocycles. The van der Waals surface area contributed by atoms with Gasteiger partial charge in [0, 0.05) is 6.42 Å². The molecule has 0 aliphatic carbocycles. The highest BCUT2D eigenvalue weighted by Gasteiger charge is 2.15. The van der Waals surface area contributed by atoms with Crippen molar-refractivity contribution in [1.29, 1.82) is 0 Å². The van der Waals surface area contributed by atoms with Crippen molar-refractivity contribution >= 4 is 0 Å². The Balaban J connectivity index is 3.31. The highest BCUT2D eigenvalue weighted by molar-refractivity contribution is 5.49. The van der Waals surface area contributed by atoms with Crippen LogP contribution in [0.5, 0.6) is 5.75 Å². The van der Waals surface area contributed by atoms with E-state index in [-0.39, 0.29) is 0 Å². The summed E-state index contributed by atoms with van der Waals surface area (Å²) in [7, 11) is 1.71. The summed E-state index contributed by atoms with van der Waals surface area (Å²) in [5.74, 6) is 4.11. The van der Waals surface area contributed by atoms with Crippen molar-refractivity contribution < 1.29 is 4.74 Å². The van der Waals surface area contributed by atoms with Gasteiger partial charge in [-0.2, -0.15) is 0 Å². The molecule has 0 amide bonds. The van der Waals surface area contributed by atoms with Gasteiger partial charge in [0.1, 0.15) is 5.75 Å². The van der Waals surface area contributed by atoms with Crippen molar-refractivity contribution in [2.45, 2.75) is 40.0 Å². The van der Waals surface area contributed by atoms with E-state index in [2.05, 4.69) is 39.7 Å². The van der Waals surface area contributed by atoms with E-state index in [4.69, 9.17) is 11.2 Å². The van der Waals surface area contributed by atoms with Crippen LogP contribution >= 0.6 is 0 Å². The normalized spacial score (nSPS) is 12.0. The molecule has 1 aromatic carbocycles. The average Bonchev–Trinajstić information content (AvgIpc) is 2.24. The molecule has 1 rings (SSSR count). The molecule has 0 N–H and O–H groups in total. The highest BCUT2D eigenvalue weighted by atomic mass is 16.5. The molecule has 1 aromatic rings. The number of aryl methyl sites for hydroxylation is 1. The van der Waals surface area contributed by atoms with Crippen molar-refractivity contribution in [3.63, 3.8) is 0 Å². The zero-order valence-corrected chi connectivity index (χ0v) is 10.8. The fourth-order valence-corrected chi connectivity index (χ4v) is 2.31. The molecule has 0 aromatic heterocycles. The standard InChI is InChI=1S/C15H20O/c1-7-8-10(2)15-11(3)9-14(16-6)12(4)13(15)5/h1,9-10H,8H2,2-6H3. The zero-order valence-electron chi connectivity index (χ0n) is 10.8. The van der Waals surface area contributed by atoms with Gasteiger partial charge in [-0.1, -0.05) is 6.92 Å². The van der Waals surface area contributed by atoms with Gasteiger partial charge in [-0.05, 0) is 55.0 Å². The molecule has 0 saturated heterocycles. The number of rotatable bonds is 3. The van der Waals surface area contributed by atoms with Crippen LogP contribution in [0.4, 0.5) is 0 Å². The fraction of sp³-hybridized carbons (Fsp3) is 0.467. The first-order valence-electron chi connectivity index (χ1n) is 5.61. The van der Waals surface area contributed by atoms with Crippen molar-refractivity contribution in [2.75, 3.05) is 7.11 Å². The lowest BCUT2D eigenvalue weighted by atomic mass is 9.87. The maximum Gasteiger partial charge on any atom is 0.122 e. The van der Waals surface area contributed by atoms with Gasteiger partial charge in [-0.3, -0.25) is 0 Å². The molecule has 1 unspecified atom stereocenters. The summed E-state index contributed by atoms with van der Waals surface area (Å²) in [6.45, 7) is 8.55. The van der Waals surface area contributed by atoms with Gasteiger partial charge in [-0.15, -0.1) is 12.3 Å². The third-order valence-corrected chi connectivity index (χ3v) is 3.25. The minimum absolute atomic E-state index is 0.412. The molecular formula is C15H20O. The molecule has 16 heavy (non-hydrogen) atoms. The SMILES string of the molecule is C#CCC(C)c1c(C)cc(OC)c(C)c1C. The van der Waals surface area contributed by atoms with Gasteiger partial charge in [0.25, 0.3) is 0 Å². The minimum atomic E-state index is 0.412. The number of benzene rings is 1. The topological polar surface area (TPSA) is 9.23 Å². The third kappa shape index (κ3) is 2.22. The Bertz CT molecular complexity index is 424. The monoisotopic (exact) mass is 216 g/mol. The largest absolute Gasteiger partial charge is 0.496 e. The molecular weight excluding hydrogens is 196 g/mol. The van der Waals surface area contributed by atoms with Crippen LogP contribution in [-0.2, 0) is 0 Å². The number of hydrogen-bond donors (Lipinski definition) is 0. The van der Waals surface area contributed by atoms with Crippen molar-refractivity contribution in [2.24, 2.45) is 0 Å². The van der Waals surface area contributed by atoms with Crippen LogP contribution in [0.2, 0.25) is 0 Å². The first-order chi connectivity index (χ1) is 7.52. The zero-order chi connectivity index (χ0) is 12.3. The quantitative estimate of drug-likeness (QED) is 0.699. The van der Waals surface area contributed by atoms with Gasteiger partial charge in [0.15, 0.2) is 0 Å².